The highest BCUT2D eigenvalue weighted by atomic mass is 16.6. The van der Waals surface area contributed by atoms with Crippen LogP contribution in [0.15, 0.2) is 42.9 Å². The van der Waals surface area contributed by atoms with Crippen molar-refractivity contribution in [1.29, 1.82) is 0 Å². The number of alkyl carbamates (subject to hydrolysis) is 1. The lowest BCUT2D eigenvalue weighted by Gasteiger charge is -2.24. The van der Waals surface area contributed by atoms with Crippen LogP contribution in [0.2, 0.25) is 0 Å². The predicted molar refractivity (Wildman–Crippen MR) is 135 cm³/mol. The highest BCUT2D eigenvalue weighted by Crippen LogP contribution is 2.32. The first-order chi connectivity index (χ1) is 16.3. The number of aryl methyl sites for hydroxylation is 2. The summed E-state index contributed by atoms with van der Waals surface area (Å²) in [5, 5.41) is 10.4. The van der Waals surface area contributed by atoms with Crippen LogP contribution in [-0.4, -0.2) is 31.4 Å². The van der Waals surface area contributed by atoms with Crippen LogP contribution >= 0.6 is 0 Å². The summed E-state index contributed by atoms with van der Waals surface area (Å²) in [6.45, 7) is 9.62. The van der Waals surface area contributed by atoms with Crippen molar-refractivity contribution >= 4 is 17.7 Å². The number of anilines is 2. The lowest BCUT2D eigenvalue weighted by atomic mass is 9.96. The Labute approximate surface area is 202 Å². The smallest absolute Gasteiger partial charge is 0.408 e. The molecule has 0 saturated heterocycles. The van der Waals surface area contributed by atoms with Gasteiger partial charge in [0.05, 0.1) is 23.6 Å². The molecule has 4 rings (SSSR count). The standard InChI is InChI=1S/C24H30N6O2.C2H6/c1-24(2,3)32-23(31)29-21-8-6-5-7-16-13-17(9-10-19(16)21)20-11-12-25-22(28-20)27-18-14-26-30(4)15-18;1-2/h9-15,21H,5-8H2,1-4H3,(H,29,31)(H,25,27,28);1-2H3. The first-order valence-corrected chi connectivity index (χ1v) is 12.0. The molecular weight excluding hydrogens is 428 g/mol. The summed E-state index contributed by atoms with van der Waals surface area (Å²) in [6, 6.07) is 8.20. The normalized spacial score (nSPS) is 15.3. The van der Waals surface area contributed by atoms with Crippen LogP contribution in [0.1, 0.15) is 71.0 Å². The Balaban J connectivity index is 0.00000158. The molecule has 2 N–H and O–H groups in total. The fourth-order valence-corrected chi connectivity index (χ4v) is 3.94. The van der Waals surface area contributed by atoms with Gasteiger partial charge in [0.25, 0.3) is 0 Å². The van der Waals surface area contributed by atoms with Gasteiger partial charge in [0.15, 0.2) is 0 Å². The Bertz CT molecular complexity index is 1100. The molecule has 3 aromatic rings. The molecule has 8 heteroatoms. The van der Waals surface area contributed by atoms with Crippen molar-refractivity contribution in [3.63, 3.8) is 0 Å². The molecule has 0 bridgehead atoms. The second-order valence-corrected chi connectivity index (χ2v) is 9.15. The van der Waals surface area contributed by atoms with Crippen molar-refractivity contribution in [1.82, 2.24) is 25.1 Å². The number of ether oxygens (including phenoxy) is 1. The molecule has 182 valence electrons. The van der Waals surface area contributed by atoms with Gasteiger partial charge < -0.3 is 15.4 Å². The van der Waals surface area contributed by atoms with E-state index in [4.69, 9.17) is 4.74 Å². The van der Waals surface area contributed by atoms with Gasteiger partial charge >= 0.3 is 6.09 Å². The van der Waals surface area contributed by atoms with Gasteiger partial charge in [0.2, 0.25) is 5.95 Å². The van der Waals surface area contributed by atoms with E-state index in [0.717, 1.165) is 48.2 Å². The SMILES string of the molecule is CC.Cn1cc(Nc2nccc(-c3ccc4c(c3)CCCCC4NC(=O)OC(C)(C)C)n2)cn1. The van der Waals surface area contributed by atoms with Gasteiger partial charge in [-0.3, -0.25) is 4.68 Å². The summed E-state index contributed by atoms with van der Waals surface area (Å²) < 4.78 is 7.20. The molecule has 2 heterocycles. The van der Waals surface area contributed by atoms with Gasteiger partial charge in [0.1, 0.15) is 5.60 Å². The molecule has 0 aliphatic heterocycles. The molecule has 0 radical (unpaired) electrons. The number of fused-ring (bicyclic) bond motifs is 1. The second kappa shape index (κ2) is 11.1. The van der Waals surface area contributed by atoms with Gasteiger partial charge in [-0.25, -0.2) is 14.8 Å². The molecule has 0 saturated carbocycles. The van der Waals surface area contributed by atoms with Crippen molar-refractivity contribution in [3.05, 3.63) is 54.0 Å². The molecule has 1 atom stereocenters. The Morgan fingerprint density at radius 1 is 1.18 bits per heavy atom. The van der Waals surface area contributed by atoms with E-state index in [-0.39, 0.29) is 12.1 Å². The summed E-state index contributed by atoms with van der Waals surface area (Å²) in [6.07, 6.45) is 8.99. The first-order valence-electron chi connectivity index (χ1n) is 12.0. The minimum Gasteiger partial charge on any atom is -0.444 e. The summed E-state index contributed by atoms with van der Waals surface area (Å²) >= 11 is 0. The van der Waals surface area contributed by atoms with Gasteiger partial charge in [-0.2, -0.15) is 5.10 Å². The minimum absolute atomic E-state index is 0.0513. The van der Waals surface area contributed by atoms with E-state index in [2.05, 4.69) is 43.9 Å². The molecule has 8 nitrogen and oxygen atoms in total. The van der Waals surface area contributed by atoms with Crippen molar-refractivity contribution < 1.29 is 9.53 Å². The molecule has 1 aliphatic rings. The largest absolute Gasteiger partial charge is 0.444 e. The summed E-state index contributed by atoms with van der Waals surface area (Å²) in [7, 11) is 1.86. The highest BCUT2D eigenvalue weighted by Gasteiger charge is 2.24. The lowest BCUT2D eigenvalue weighted by molar-refractivity contribution is 0.0501. The zero-order valence-electron chi connectivity index (χ0n) is 21.1. The third kappa shape index (κ3) is 6.79. The van der Waals surface area contributed by atoms with Crippen LogP contribution in [0.4, 0.5) is 16.4 Å². The second-order valence-electron chi connectivity index (χ2n) is 9.15. The van der Waals surface area contributed by atoms with Gasteiger partial charge in [0, 0.05) is 25.0 Å². The zero-order valence-corrected chi connectivity index (χ0v) is 21.1. The Hall–Kier alpha value is -3.42. The lowest BCUT2D eigenvalue weighted by Crippen LogP contribution is -2.35. The fraction of sp³-hybridized carbons (Fsp3) is 0.462. The molecule has 34 heavy (non-hydrogen) atoms. The minimum atomic E-state index is -0.518. The number of nitrogens with zero attached hydrogens (tertiary/aromatic N) is 4. The average Bonchev–Trinajstić information content (AvgIpc) is 3.09. The Kier molecular flexibility index (Phi) is 8.26. The first kappa shape index (κ1) is 25.2. The topological polar surface area (TPSA) is 94.0 Å². The maximum absolute atomic E-state index is 12.4. The monoisotopic (exact) mass is 464 g/mol. The van der Waals surface area contributed by atoms with E-state index >= 15 is 0 Å². The molecule has 1 amide bonds. The van der Waals surface area contributed by atoms with Crippen LogP contribution in [-0.2, 0) is 18.2 Å². The maximum atomic E-state index is 12.4. The summed E-state index contributed by atoms with van der Waals surface area (Å²) in [5.74, 6) is 0.523. The van der Waals surface area contributed by atoms with Gasteiger partial charge in [-0.1, -0.05) is 32.4 Å². The predicted octanol–water partition coefficient (Wildman–Crippen LogP) is 5.94. The van der Waals surface area contributed by atoms with E-state index in [9.17, 15) is 4.79 Å². The molecule has 1 aliphatic carbocycles. The fourth-order valence-electron chi connectivity index (χ4n) is 3.94. The van der Waals surface area contributed by atoms with E-state index in [0.29, 0.717) is 5.95 Å². The van der Waals surface area contributed by atoms with E-state index < -0.39 is 5.60 Å². The van der Waals surface area contributed by atoms with E-state index in [1.165, 1.54) is 5.56 Å². The number of amides is 1. The van der Waals surface area contributed by atoms with Crippen LogP contribution in [0, 0.1) is 0 Å². The molecule has 1 aromatic carbocycles. The Morgan fingerprint density at radius 3 is 2.68 bits per heavy atom. The van der Waals surface area contributed by atoms with Crippen LogP contribution in [0.5, 0.6) is 0 Å². The molecule has 1 unspecified atom stereocenters. The van der Waals surface area contributed by atoms with Crippen molar-refractivity contribution in [2.24, 2.45) is 7.05 Å². The van der Waals surface area contributed by atoms with Crippen LogP contribution in [0.25, 0.3) is 11.3 Å². The number of aromatic nitrogens is 4. The number of carbonyl (C=O) groups excluding carboxylic acids is 1. The number of carbonyl (C=O) groups is 1. The quantitative estimate of drug-likeness (QED) is 0.464. The molecule has 2 aromatic heterocycles. The number of hydrogen-bond donors (Lipinski definition) is 2. The van der Waals surface area contributed by atoms with Gasteiger partial charge in [-0.05, 0) is 63.3 Å². The third-order valence-corrected chi connectivity index (χ3v) is 5.31. The number of rotatable bonds is 4. The number of benzene rings is 1. The Morgan fingerprint density at radius 2 is 1.97 bits per heavy atom. The summed E-state index contributed by atoms with van der Waals surface area (Å²) in [5.41, 5.74) is 4.58. The third-order valence-electron chi connectivity index (χ3n) is 5.31. The zero-order chi connectivity index (χ0) is 24.7. The summed E-state index contributed by atoms with van der Waals surface area (Å²) in [4.78, 5) is 21.4. The molecule has 0 spiro atoms. The van der Waals surface area contributed by atoms with Gasteiger partial charge in [-0.15, -0.1) is 0 Å². The maximum Gasteiger partial charge on any atom is 0.408 e. The van der Waals surface area contributed by atoms with Crippen molar-refractivity contribution in [3.8, 4) is 11.3 Å². The van der Waals surface area contributed by atoms with Crippen molar-refractivity contribution in [2.75, 3.05) is 5.32 Å². The highest BCUT2D eigenvalue weighted by molar-refractivity contribution is 5.69. The van der Waals surface area contributed by atoms with Crippen LogP contribution < -0.4 is 10.6 Å². The average molecular weight is 465 g/mol. The number of nitrogens with one attached hydrogen (secondary N) is 2. The van der Waals surface area contributed by atoms with Crippen LogP contribution in [0.3, 0.4) is 0 Å². The number of hydrogen-bond acceptors (Lipinski definition) is 6. The molecule has 0 fully saturated rings. The van der Waals surface area contributed by atoms with E-state index in [1.807, 2.05) is 53.9 Å². The molecular formula is C26H36N6O2. The van der Waals surface area contributed by atoms with E-state index in [1.54, 1.807) is 17.1 Å². The van der Waals surface area contributed by atoms with Crippen molar-refractivity contribution in [2.45, 2.75) is 71.9 Å².